The van der Waals surface area contributed by atoms with Gasteiger partial charge in [0.05, 0.1) is 12.0 Å². The van der Waals surface area contributed by atoms with Crippen molar-refractivity contribution in [3.8, 4) is 17.2 Å². The van der Waals surface area contributed by atoms with Gasteiger partial charge in [0, 0.05) is 6.07 Å². The smallest absolute Gasteiger partial charge is 0.347 e. The van der Waals surface area contributed by atoms with Gasteiger partial charge in [-0.3, -0.25) is 4.79 Å². The lowest BCUT2D eigenvalue weighted by Crippen LogP contribution is -2.28. The lowest BCUT2D eigenvalue weighted by Gasteiger charge is -2.16. The van der Waals surface area contributed by atoms with E-state index in [-0.39, 0.29) is 11.2 Å². The molecular formula is C23H24O6. The van der Waals surface area contributed by atoms with E-state index in [0.29, 0.717) is 35.5 Å². The molecule has 0 bridgehead atoms. The fourth-order valence-electron chi connectivity index (χ4n) is 2.80. The molecule has 29 heavy (non-hydrogen) atoms. The van der Waals surface area contributed by atoms with Crippen LogP contribution in [0.15, 0.2) is 57.9 Å². The highest BCUT2D eigenvalue weighted by Gasteiger charge is 2.20. The first-order chi connectivity index (χ1) is 14.0. The number of hydrogen-bond donors (Lipinski definition) is 0. The van der Waals surface area contributed by atoms with Gasteiger partial charge in [-0.25, -0.2) is 4.79 Å². The van der Waals surface area contributed by atoms with Gasteiger partial charge >= 0.3 is 5.97 Å². The molecule has 0 amide bonds. The predicted octanol–water partition coefficient (Wildman–Crippen LogP) is 5.00. The molecule has 0 saturated carbocycles. The molecule has 0 fully saturated rings. The van der Waals surface area contributed by atoms with Crippen LogP contribution in [0.25, 0.3) is 11.0 Å². The molecule has 1 aromatic heterocycles. The standard InChI is InChI=1S/C23H24O6/c1-4-11-26-23(25)19(5-2)28-17-9-10-18-20(13-17)27-14-21(22(18)24)29-16-8-6-7-15(3)12-16/h6-10,12-14,19H,4-5,11H2,1-3H3/t19-/m1/s1. The highest BCUT2D eigenvalue weighted by Crippen LogP contribution is 2.25. The third kappa shape index (κ3) is 4.96. The number of rotatable bonds is 8. The van der Waals surface area contributed by atoms with Crippen LogP contribution >= 0.6 is 0 Å². The Hall–Kier alpha value is -3.28. The summed E-state index contributed by atoms with van der Waals surface area (Å²) in [6, 6.07) is 12.2. The maximum atomic E-state index is 12.7. The average molecular weight is 396 g/mol. The number of ether oxygens (including phenoxy) is 3. The van der Waals surface area contributed by atoms with E-state index >= 15 is 0 Å². The van der Waals surface area contributed by atoms with E-state index in [4.69, 9.17) is 18.6 Å². The largest absolute Gasteiger partial charge is 0.479 e. The molecule has 152 valence electrons. The van der Waals surface area contributed by atoms with E-state index in [1.165, 1.54) is 6.26 Å². The first kappa shape index (κ1) is 20.5. The molecule has 3 aromatic rings. The molecule has 0 spiro atoms. The molecule has 6 heteroatoms. The molecule has 0 aliphatic rings. The number of carbonyl (C=O) groups excluding carboxylic acids is 1. The van der Waals surface area contributed by atoms with Crippen LogP contribution in [0.2, 0.25) is 0 Å². The summed E-state index contributed by atoms with van der Waals surface area (Å²) in [6.45, 7) is 6.07. The van der Waals surface area contributed by atoms with E-state index in [1.54, 1.807) is 24.3 Å². The van der Waals surface area contributed by atoms with Crippen LogP contribution in [-0.2, 0) is 9.53 Å². The van der Waals surface area contributed by atoms with Gasteiger partial charge in [0.1, 0.15) is 23.3 Å². The number of fused-ring (bicyclic) bond motifs is 1. The lowest BCUT2D eigenvalue weighted by molar-refractivity contribution is -0.152. The molecule has 3 rings (SSSR count). The van der Waals surface area contributed by atoms with Crippen LogP contribution in [0, 0.1) is 6.92 Å². The fraction of sp³-hybridized carbons (Fsp3) is 0.304. The summed E-state index contributed by atoms with van der Waals surface area (Å²) in [5.41, 5.74) is 1.09. The Bertz CT molecular complexity index is 1050. The zero-order valence-electron chi connectivity index (χ0n) is 16.8. The van der Waals surface area contributed by atoms with Crippen LogP contribution in [-0.4, -0.2) is 18.7 Å². The Morgan fingerprint density at radius 2 is 1.93 bits per heavy atom. The molecule has 6 nitrogen and oxygen atoms in total. The lowest BCUT2D eigenvalue weighted by atomic mass is 10.2. The van der Waals surface area contributed by atoms with Gasteiger partial charge in [-0.15, -0.1) is 0 Å². The van der Waals surface area contributed by atoms with Gasteiger partial charge in [0.25, 0.3) is 0 Å². The number of benzene rings is 2. The van der Waals surface area contributed by atoms with E-state index in [1.807, 2.05) is 39.0 Å². The van der Waals surface area contributed by atoms with Crippen molar-refractivity contribution in [1.82, 2.24) is 0 Å². The van der Waals surface area contributed by atoms with E-state index < -0.39 is 12.1 Å². The summed E-state index contributed by atoms with van der Waals surface area (Å²) >= 11 is 0. The maximum Gasteiger partial charge on any atom is 0.347 e. The normalized spacial score (nSPS) is 11.8. The zero-order chi connectivity index (χ0) is 20.8. The Morgan fingerprint density at radius 1 is 1.10 bits per heavy atom. The molecule has 0 aliphatic heterocycles. The van der Waals surface area contributed by atoms with Crippen LogP contribution in [0.5, 0.6) is 17.2 Å². The quantitative estimate of drug-likeness (QED) is 0.499. The predicted molar refractivity (Wildman–Crippen MR) is 110 cm³/mol. The van der Waals surface area contributed by atoms with E-state index in [9.17, 15) is 9.59 Å². The fourth-order valence-corrected chi connectivity index (χ4v) is 2.80. The molecule has 0 aliphatic carbocycles. The summed E-state index contributed by atoms with van der Waals surface area (Å²) < 4.78 is 22.2. The summed E-state index contributed by atoms with van der Waals surface area (Å²) in [5, 5.41) is 0.365. The van der Waals surface area contributed by atoms with Crippen molar-refractivity contribution in [2.75, 3.05) is 6.61 Å². The first-order valence-corrected chi connectivity index (χ1v) is 9.65. The second-order valence-corrected chi connectivity index (χ2v) is 6.69. The minimum absolute atomic E-state index is 0.103. The van der Waals surface area contributed by atoms with E-state index in [0.717, 1.165) is 12.0 Å². The Kier molecular flexibility index (Phi) is 6.54. The SMILES string of the molecule is CCCOC(=O)[C@@H](CC)Oc1ccc2c(=O)c(Oc3cccc(C)c3)coc2c1. The first-order valence-electron chi connectivity index (χ1n) is 9.65. The van der Waals surface area contributed by atoms with Crippen molar-refractivity contribution >= 4 is 16.9 Å². The second kappa shape index (κ2) is 9.28. The molecule has 2 aromatic carbocycles. The van der Waals surface area contributed by atoms with E-state index in [2.05, 4.69) is 0 Å². The van der Waals surface area contributed by atoms with Gasteiger partial charge in [0.2, 0.25) is 11.2 Å². The summed E-state index contributed by atoms with van der Waals surface area (Å²) in [5.74, 6) is 0.686. The molecule has 0 saturated heterocycles. The van der Waals surface area contributed by atoms with Crippen molar-refractivity contribution in [2.24, 2.45) is 0 Å². The van der Waals surface area contributed by atoms with Crippen molar-refractivity contribution in [3.05, 3.63) is 64.5 Å². The molecular weight excluding hydrogens is 372 g/mol. The molecule has 0 unspecified atom stereocenters. The van der Waals surface area contributed by atoms with Crippen molar-refractivity contribution in [2.45, 2.75) is 39.7 Å². The second-order valence-electron chi connectivity index (χ2n) is 6.69. The summed E-state index contributed by atoms with van der Waals surface area (Å²) in [4.78, 5) is 24.8. The molecule has 1 heterocycles. The van der Waals surface area contributed by atoms with Crippen LogP contribution < -0.4 is 14.9 Å². The monoisotopic (exact) mass is 396 g/mol. The number of carbonyl (C=O) groups is 1. The van der Waals surface area contributed by atoms with Gasteiger partial charge in [-0.1, -0.05) is 26.0 Å². The van der Waals surface area contributed by atoms with Gasteiger partial charge < -0.3 is 18.6 Å². The minimum atomic E-state index is -0.713. The Balaban J connectivity index is 1.82. The highest BCUT2D eigenvalue weighted by molar-refractivity contribution is 5.79. The van der Waals surface area contributed by atoms with Crippen LogP contribution in [0.1, 0.15) is 32.3 Å². The minimum Gasteiger partial charge on any atom is -0.479 e. The zero-order valence-corrected chi connectivity index (χ0v) is 16.8. The van der Waals surface area contributed by atoms with Gasteiger partial charge in [0.15, 0.2) is 6.10 Å². The Labute approximate surface area is 169 Å². The van der Waals surface area contributed by atoms with Gasteiger partial charge in [-0.2, -0.15) is 0 Å². The number of esters is 1. The van der Waals surface area contributed by atoms with Crippen molar-refractivity contribution in [1.29, 1.82) is 0 Å². The average Bonchev–Trinajstić information content (AvgIpc) is 2.72. The van der Waals surface area contributed by atoms with Crippen LogP contribution in [0.3, 0.4) is 0 Å². The number of aryl methyl sites for hydroxylation is 1. The molecule has 0 radical (unpaired) electrons. The molecule has 1 atom stereocenters. The third-order valence-electron chi connectivity index (χ3n) is 4.29. The highest BCUT2D eigenvalue weighted by atomic mass is 16.6. The van der Waals surface area contributed by atoms with Gasteiger partial charge in [-0.05, 0) is 49.6 Å². The van der Waals surface area contributed by atoms with Crippen molar-refractivity contribution < 1.29 is 23.4 Å². The Morgan fingerprint density at radius 3 is 2.66 bits per heavy atom. The van der Waals surface area contributed by atoms with Crippen LogP contribution in [0.4, 0.5) is 0 Å². The topological polar surface area (TPSA) is 75.0 Å². The summed E-state index contributed by atoms with van der Waals surface area (Å²) in [6.07, 6.45) is 1.78. The summed E-state index contributed by atoms with van der Waals surface area (Å²) in [7, 11) is 0. The van der Waals surface area contributed by atoms with Crippen molar-refractivity contribution in [3.63, 3.8) is 0 Å². The third-order valence-corrected chi connectivity index (χ3v) is 4.29. The maximum absolute atomic E-state index is 12.7. The molecule has 0 N–H and O–H groups in total. The number of hydrogen-bond acceptors (Lipinski definition) is 6.